The molecule has 0 aliphatic carbocycles. The van der Waals surface area contributed by atoms with E-state index in [2.05, 4.69) is 10.6 Å². The minimum atomic E-state index is -1.08. The predicted molar refractivity (Wildman–Crippen MR) is 136 cm³/mol. The number of ketones is 1. The van der Waals surface area contributed by atoms with Gasteiger partial charge >= 0.3 is 18.0 Å². The third-order valence-electron chi connectivity index (χ3n) is 4.74. The standard InChI is InChI=1S/C27H40N2O8/c1-18(30)20(29-25(34)35-17-19-11-9-8-10-12-19)13-15-22(31)28-21(24(33)37-27(5,6)7)14-16-23(32)36-26(2,3)4/h8-12,20-21H,13-17H2,1-7H3,(H,28,31)(H,29,34)/t20-,21-/m0/s1. The Morgan fingerprint density at radius 1 is 0.784 bits per heavy atom. The van der Waals surface area contributed by atoms with Gasteiger partial charge in [-0.2, -0.15) is 0 Å². The van der Waals surface area contributed by atoms with E-state index in [-0.39, 0.29) is 38.1 Å². The quantitative estimate of drug-likeness (QED) is 0.315. The second-order valence-corrected chi connectivity index (χ2v) is 10.7. The molecular weight excluding hydrogens is 480 g/mol. The third-order valence-corrected chi connectivity index (χ3v) is 4.74. The van der Waals surface area contributed by atoms with Crippen LogP contribution >= 0.6 is 0 Å². The van der Waals surface area contributed by atoms with Gasteiger partial charge in [-0.05, 0) is 66.9 Å². The van der Waals surface area contributed by atoms with E-state index in [1.807, 2.05) is 18.2 Å². The first-order chi connectivity index (χ1) is 17.1. The highest BCUT2D eigenvalue weighted by molar-refractivity contribution is 5.88. The van der Waals surface area contributed by atoms with Crippen LogP contribution in [-0.4, -0.2) is 53.0 Å². The first-order valence-electron chi connectivity index (χ1n) is 12.3. The molecule has 1 rings (SSSR count). The molecule has 0 aliphatic rings. The molecular formula is C27H40N2O8. The SMILES string of the molecule is CC(=O)[C@H](CCC(=O)N[C@@H](CCC(=O)OC(C)(C)C)C(=O)OC(C)(C)C)NC(=O)OCc1ccccc1. The van der Waals surface area contributed by atoms with Crippen molar-refractivity contribution in [3.63, 3.8) is 0 Å². The predicted octanol–water partition coefficient (Wildman–Crippen LogP) is 3.60. The van der Waals surface area contributed by atoms with Gasteiger partial charge in [0.1, 0.15) is 23.9 Å². The highest BCUT2D eigenvalue weighted by Crippen LogP contribution is 2.14. The van der Waals surface area contributed by atoms with Gasteiger partial charge in [0.25, 0.3) is 0 Å². The molecule has 0 unspecified atom stereocenters. The van der Waals surface area contributed by atoms with E-state index in [1.165, 1.54) is 6.92 Å². The largest absolute Gasteiger partial charge is 0.460 e. The average molecular weight is 521 g/mol. The first kappa shape index (κ1) is 31.6. The van der Waals surface area contributed by atoms with E-state index in [0.29, 0.717) is 0 Å². The maximum Gasteiger partial charge on any atom is 0.408 e. The normalized spacial score (nSPS) is 13.1. The number of esters is 2. The molecule has 1 aromatic carbocycles. The Morgan fingerprint density at radius 3 is 1.89 bits per heavy atom. The van der Waals surface area contributed by atoms with Crippen LogP contribution in [-0.2, 0) is 40.0 Å². The number of Topliss-reactive ketones (excluding diaryl/α,β-unsaturated/α-hetero) is 1. The number of benzene rings is 1. The monoisotopic (exact) mass is 520 g/mol. The third kappa shape index (κ3) is 14.7. The Hall–Kier alpha value is -3.43. The average Bonchev–Trinajstić information content (AvgIpc) is 2.76. The molecule has 0 aliphatic heterocycles. The van der Waals surface area contributed by atoms with Crippen LogP contribution in [0.25, 0.3) is 0 Å². The molecule has 206 valence electrons. The van der Waals surface area contributed by atoms with Crippen molar-refractivity contribution in [2.24, 2.45) is 0 Å². The lowest BCUT2D eigenvalue weighted by atomic mass is 10.1. The number of nitrogens with one attached hydrogen (secondary N) is 2. The number of carbonyl (C=O) groups excluding carboxylic acids is 5. The van der Waals surface area contributed by atoms with Crippen molar-refractivity contribution in [2.45, 2.75) is 104 Å². The fourth-order valence-electron chi connectivity index (χ4n) is 3.10. The molecule has 2 N–H and O–H groups in total. The Balaban J connectivity index is 2.69. The molecule has 0 heterocycles. The van der Waals surface area contributed by atoms with Gasteiger partial charge in [0.2, 0.25) is 5.91 Å². The fourth-order valence-corrected chi connectivity index (χ4v) is 3.10. The van der Waals surface area contributed by atoms with E-state index in [9.17, 15) is 24.0 Å². The second kappa shape index (κ2) is 14.3. The summed E-state index contributed by atoms with van der Waals surface area (Å²) in [7, 11) is 0. The summed E-state index contributed by atoms with van der Waals surface area (Å²) in [5.41, 5.74) is -0.690. The van der Waals surface area contributed by atoms with Crippen LogP contribution in [0.5, 0.6) is 0 Å². The van der Waals surface area contributed by atoms with E-state index in [1.54, 1.807) is 53.7 Å². The smallest absolute Gasteiger partial charge is 0.408 e. The van der Waals surface area contributed by atoms with Gasteiger partial charge in [0, 0.05) is 12.8 Å². The molecule has 0 saturated carbocycles. The molecule has 37 heavy (non-hydrogen) atoms. The molecule has 1 aromatic rings. The second-order valence-electron chi connectivity index (χ2n) is 10.7. The van der Waals surface area contributed by atoms with Gasteiger partial charge in [0.15, 0.2) is 5.78 Å². The number of alkyl carbamates (subject to hydrolysis) is 1. The summed E-state index contributed by atoms with van der Waals surface area (Å²) in [6, 6.07) is 7.02. The van der Waals surface area contributed by atoms with Crippen molar-refractivity contribution < 1.29 is 38.2 Å². The van der Waals surface area contributed by atoms with Crippen LogP contribution in [0, 0.1) is 0 Å². The summed E-state index contributed by atoms with van der Waals surface area (Å²) < 4.78 is 15.8. The van der Waals surface area contributed by atoms with Crippen LogP contribution in [0.2, 0.25) is 0 Å². The van der Waals surface area contributed by atoms with Gasteiger partial charge in [-0.3, -0.25) is 14.4 Å². The molecule has 2 atom stereocenters. The maximum atomic E-state index is 12.7. The number of hydrogen-bond donors (Lipinski definition) is 2. The van der Waals surface area contributed by atoms with Crippen LogP contribution in [0.4, 0.5) is 4.79 Å². The zero-order valence-electron chi connectivity index (χ0n) is 22.8. The van der Waals surface area contributed by atoms with Crippen molar-refractivity contribution >= 4 is 29.7 Å². The fraction of sp³-hybridized carbons (Fsp3) is 0.593. The summed E-state index contributed by atoms with van der Waals surface area (Å²) >= 11 is 0. The van der Waals surface area contributed by atoms with E-state index < -0.39 is 47.2 Å². The molecule has 10 nitrogen and oxygen atoms in total. The summed E-state index contributed by atoms with van der Waals surface area (Å²) in [6.45, 7) is 11.6. The van der Waals surface area contributed by atoms with Crippen LogP contribution in [0.15, 0.2) is 30.3 Å². The molecule has 0 fully saturated rings. The number of hydrogen-bond acceptors (Lipinski definition) is 8. The Labute approximate surface area is 218 Å². The topological polar surface area (TPSA) is 137 Å². The molecule has 0 spiro atoms. The summed E-state index contributed by atoms with van der Waals surface area (Å²) in [4.78, 5) is 61.6. The molecule has 2 amide bonds. The van der Waals surface area contributed by atoms with E-state index in [4.69, 9.17) is 14.2 Å². The molecule has 10 heteroatoms. The molecule has 0 bridgehead atoms. The lowest BCUT2D eigenvalue weighted by molar-refractivity contribution is -0.160. The van der Waals surface area contributed by atoms with Crippen molar-refractivity contribution in [2.75, 3.05) is 0 Å². The van der Waals surface area contributed by atoms with Gasteiger partial charge in [-0.25, -0.2) is 9.59 Å². The molecule has 0 radical (unpaired) electrons. The van der Waals surface area contributed by atoms with Gasteiger partial charge in [-0.15, -0.1) is 0 Å². The first-order valence-corrected chi connectivity index (χ1v) is 12.3. The van der Waals surface area contributed by atoms with Crippen LogP contribution in [0.3, 0.4) is 0 Å². The van der Waals surface area contributed by atoms with E-state index >= 15 is 0 Å². The van der Waals surface area contributed by atoms with Gasteiger partial charge in [-0.1, -0.05) is 30.3 Å². The summed E-state index contributed by atoms with van der Waals surface area (Å²) in [5, 5.41) is 5.04. The highest BCUT2D eigenvalue weighted by Gasteiger charge is 2.29. The maximum absolute atomic E-state index is 12.7. The van der Waals surface area contributed by atoms with E-state index in [0.717, 1.165) is 5.56 Å². The van der Waals surface area contributed by atoms with Crippen LogP contribution in [0.1, 0.15) is 79.7 Å². The number of amides is 2. The van der Waals surface area contributed by atoms with Crippen molar-refractivity contribution in [3.8, 4) is 0 Å². The van der Waals surface area contributed by atoms with Crippen LogP contribution < -0.4 is 10.6 Å². The lowest BCUT2D eigenvalue weighted by Gasteiger charge is -2.25. The molecule has 0 saturated heterocycles. The van der Waals surface area contributed by atoms with Gasteiger partial charge < -0.3 is 24.8 Å². The highest BCUT2D eigenvalue weighted by atomic mass is 16.6. The number of ether oxygens (including phenoxy) is 3. The van der Waals surface area contributed by atoms with Crippen molar-refractivity contribution in [3.05, 3.63) is 35.9 Å². The Bertz CT molecular complexity index is 932. The van der Waals surface area contributed by atoms with Gasteiger partial charge in [0.05, 0.1) is 6.04 Å². The summed E-state index contributed by atoms with van der Waals surface area (Å²) in [6.07, 6.45) is -1.07. The minimum Gasteiger partial charge on any atom is -0.460 e. The van der Waals surface area contributed by atoms with Crippen molar-refractivity contribution in [1.29, 1.82) is 0 Å². The zero-order chi connectivity index (χ0) is 28.2. The molecule has 0 aromatic heterocycles. The number of rotatable bonds is 12. The lowest BCUT2D eigenvalue weighted by Crippen LogP contribution is -2.45. The zero-order valence-corrected chi connectivity index (χ0v) is 22.8. The Morgan fingerprint density at radius 2 is 1.35 bits per heavy atom. The summed E-state index contributed by atoms with van der Waals surface area (Å²) in [5.74, 6) is -2.08. The Kier molecular flexibility index (Phi) is 12.3. The van der Waals surface area contributed by atoms with Crippen molar-refractivity contribution in [1.82, 2.24) is 10.6 Å². The minimum absolute atomic E-state index is 0.00525. The number of carbonyl (C=O) groups is 5.